The molecule has 0 aliphatic carbocycles. The number of sulfonamides is 1. The maximum absolute atomic E-state index is 12.2. The highest BCUT2D eigenvalue weighted by Gasteiger charge is 2.20. The quantitative estimate of drug-likeness (QED) is 0.787. The molecule has 0 saturated carbocycles. The molecule has 0 saturated heterocycles. The molecule has 2 aromatic rings. The Morgan fingerprint density at radius 1 is 1.33 bits per heavy atom. The van der Waals surface area contributed by atoms with Gasteiger partial charge >= 0.3 is 5.97 Å². The van der Waals surface area contributed by atoms with E-state index in [0.29, 0.717) is 11.4 Å². The van der Waals surface area contributed by atoms with Crippen LogP contribution in [-0.2, 0) is 21.4 Å². The van der Waals surface area contributed by atoms with Crippen LogP contribution >= 0.6 is 0 Å². The minimum absolute atomic E-state index is 0.00221. The molecule has 0 fully saturated rings. The van der Waals surface area contributed by atoms with Crippen LogP contribution in [0.3, 0.4) is 0 Å². The zero-order valence-electron chi connectivity index (χ0n) is 13.9. The van der Waals surface area contributed by atoms with Crippen molar-refractivity contribution in [1.82, 2.24) is 14.9 Å². The van der Waals surface area contributed by atoms with Gasteiger partial charge in [0.2, 0.25) is 10.0 Å². The number of rotatable bonds is 6. The van der Waals surface area contributed by atoms with Crippen molar-refractivity contribution >= 4 is 16.0 Å². The lowest BCUT2D eigenvalue weighted by atomic mass is 10.1. The first-order valence-electron chi connectivity index (χ1n) is 7.28. The number of ether oxygens (including phenoxy) is 1. The maximum atomic E-state index is 12.2. The standard InChI is InChI=1S/C15H19N3O5S/c1-9(2)18-24(20,21)12-6-5-10(3)13(7-12)15(19)22-8-14-16-11(4)17-23-14/h5-7,9,18H,8H2,1-4H3. The molecular formula is C15H19N3O5S. The van der Waals surface area contributed by atoms with Gasteiger partial charge in [-0.25, -0.2) is 17.9 Å². The van der Waals surface area contributed by atoms with Crippen molar-refractivity contribution in [2.75, 3.05) is 0 Å². The molecule has 24 heavy (non-hydrogen) atoms. The summed E-state index contributed by atoms with van der Waals surface area (Å²) in [5.74, 6) is -0.0567. The first-order chi connectivity index (χ1) is 11.2. The van der Waals surface area contributed by atoms with Gasteiger partial charge in [-0.2, -0.15) is 4.98 Å². The van der Waals surface area contributed by atoms with Crippen LogP contribution in [0.2, 0.25) is 0 Å². The second-order valence-electron chi connectivity index (χ2n) is 5.56. The summed E-state index contributed by atoms with van der Waals surface area (Å²) < 4.78 is 36.9. The Bertz CT molecular complexity index is 843. The predicted octanol–water partition coefficient (Wildman–Crippen LogP) is 1.73. The van der Waals surface area contributed by atoms with Crippen LogP contribution in [0.5, 0.6) is 0 Å². The van der Waals surface area contributed by atoms with E-state index in [0.717, 1.165) is 0 Å². The molecule has 0 aliphatic rings. The Morgan fingerprint density at radius 3 is 2.62 bits per heavy atom. The normalized spacial score (nSPS) is 11.7. The molecule has 0 spiro atoms. The second kappa shape index (κ2) is 7.10. The molecule has 0 unspecified atom stereocenters. The summed E-state index contributed by atoms with van der Waals surface area (Å²) in [7, 11) is -3.69. The molecular weight excluding hydrogens is 334 g/mol. The van der Waals surface area contributed by atoms with Crippen molar-refractivity contribution in [1.29, 1.82) is 0 Å². The van der Waals surface area contributed by atoms with E-state index in [-0.39, 0.29) is 29.0 Å². The highest BCUT2D eigenvalue weighted by Crippen LogP contribution is 2.17. The highest BCUT2D eigenvalue weighted by atomic mass is 32.2. The molecule has 0 bridgehead atoms. The third kappa shape index (κ3) is 4.39. The smallest absolute Gasteiger partial charge is 0.338 e. The fourth-order valence-electron chi connectivity index (χ4n) is 1.97. The lowest BCUT2D eigenvalue weighted by molar-refractivity contribution is 0.0428. The Balaban J connectivity index is 2.20. The Kier molecular flexibility index (Phi) is 5.35. The third-order valence-corrected chi connectivity index (χ3v) is 4.68. The van der Waals surface area contributed by atoms with Crippen LogP contribution in [0.25, 0.3) is 0 Å². The van der Waals surface area contributed by atoms with E-state index in [4.69, 9.17) is 9.26 Å². The van der Waals surface area contributed by atoms with Gasteiger partial charge in [-0.1, -0.05) is 11.2 Å². The van der Waals surface area contributed by atoms with Crippen LogP contribution in [-0.4, -0.2) is 30.6 Å². The monoisotopic (exact) mass is 353 g/mol. The largest absolute Gasteiger partial charge is 0.452 e. The van der Waals surface area contributed by atoms with Crippen LogP contribution in [0.1, 0.15) is 41.5 Å². The summed E-state index contributed by atoms with van der Waals surface area (Å²) in [6, 6.07) is 4.04. The van der Waals surface area contributed by atoms with Crippen LogP contribution in [0.4, 0.5) is 0 Å². The first-order valence-corrected chi connectivity index (χ1v) is 8.76. The summed E-state index contributed by atoms with van der Waals surface area (Å²) in [6.07, 6.45) is 0. The van der Waals surface area contributed by atoms with Gasteiger partial charge in [0, 0.05) is 6.04 Å². The molecule has 2 rings (SSSR count). The van der Waals surface area contributed by atoms with Crippen LogP contribution in [0.15, 0.2) is 27.6 Å². The Hall–Kier alpha value is -2.26. The van der Waals surface area contributed by atoms with Crippen LogP contribution in [0, 0.1) is 13.8 Å². The molecule has 0 radical (unpaired) electrons. The average Bonchev–Trinajstić information content (AvgIpc) is 2.89. The van der Waals surface area contributed by atoms with E-state index in [1.54, 1.807) is 33.8 Å². The summed E-state index contributed by atoms with van der Waals surface area (Å²) in [4.78, 5) is 16.1. The van der Waals surface area contributed by atoms with Crippen molar-refractivity contribution in [3.63, 3.8) is 0 Å². The summed E-state index contributed by atoms with van der Waals surface area (Å²) in [5, 5.41) is 3.59. The van der Waals surface area contributed by atoms with E-state index >= 15 is 0 Å². The number of nitrogens with zero attached hydrogens (tertiary/aromatic N) is 2. The van der Waals surface area contributed by atoms with Gasteiger partial charge in [0.05, 0.1) is 10.5 Å². The topological polar surface area (TPSA) is 111 Å². The molecule has 1 aromatic carbocycles. The Morgan fingerprint density at radius 2 is 2.04 bits per heavy atom. The Labute approximate surface area is 140 Å². The lowest BCUT2D eigenvalue weighted by Gasteiger charge is -2.12. The minimum Gasteiger partial charge on any atom is -0.452 e. The van der Waals surface area contributed by atoms with Gasteiger partial charge in [0.15, 0.2) is 12.4 Å². The van der Waals surface area contributed by atoms with Gasteiger partial charge in [-0.05, 0) is 45.4 Å². The zero-order chi connectivity index (χ0) is 17.9. The van der Waals surface area contributed by atoms with Gasteiger partial charge in [0.25, 0.3) is 5.89 Å². The van der Waals surface area contributed by atoms with E-state index in [1.165, 1.54) is 12.1 Å². The molecule has 0 amide bonds. The predicted molar refractivity (Wildman–Crippen MR) is 84.8 cm³/mol. The van der Waals surface area contributed by atoms with Crippen molar-refractivity contribution in [3.8, 4) is 0 Å². The number of benzene rings is 1. The maximum Gasteiger partial charge on any atom is 0.338 e. The van der Waals surface area contributed by atoms with Gasteiger partial charge < -0.3 is 9.26 Å². The molecule has 130 valence electrons. The van der Waals surface area contributed by atoms with Crippen LogP contribution < -0.4 is 4.72 Å². The second-order valence-corrected chi connectivity index (χ2v) is 7.28. The first kappa shape index (κ1) is 18.1. The number of aromatic nitrogens is 2. The van der Waals surface area contributed by atoms with E-state index in [1.807, 2.05) is 0 Å². The van der Waals surface area contributed by atoms with Crippen molar-refractivity contribution in [3.05, 3.63) is 41.0 Å². The molecule has 0 aliphatic heterocycles. The number of carbonyl (C=O) groups excluding carboxylic acids is 1. The lowest BCUT2D eigenvalue weighted by Crippen LogP contribution is -2.30. The van der Waals surface area contributed by atoms with Crippen molar-refractivity contribution in [2.45, 2.75) is 45.2 Å². The van der Waals surface area contributed by atoms with E-state index in [9.17, 15) is 13.2 Å². The van der Waals surface area contributed by atoms with E-state index < -0.39 is 16.0 Å². The SMILES string of the molecule is Cc1noc(COC(=O)c2cc(S(=O)(=O)NC(C)C)ccc2C)n1. The number of aryl methyl sites for hydroxylation is 2. The fraction of sp³-hybridized carbons (Fsp3) is 0.400. The summed E-state index contributed by atoms with van der Waals surface area (Å²) >= 11 is 0. The van der Waals surface area contributed by atoms with Gasteiger partial charge in [-0.15, -0.1) is 0 Å². The number of carbonyl (C=O) groups is 1. The molecule has 1 N–H and O–H groups in total. The zero-order valence-corrected chi connectivity index (χ0v) is 14.7. The molecule has 9 heteroatoms. The number of esters is 1. The highest BCUT2D eigenvalue weighted by molar-refractivity contribution is 7.89. The van der Waals surface area contributed by atoms with E-state index in [2.05, 4.69) is 14.9 Å². The average molecular weight is 353 g/mol. The van der Waals surface area contributed by atoms with Crippen molar-refractivity contribution < 1.29 is 22.5 Å². The van der Waals surface area contributed by atoms with Gasteiger partial charge in [0.1, 0.15) is 0 Å². The van der Waals surface area contributed by atoms with Gasteiger partial charge in [-0.3, -0.25) is 0 Å². The number of hydrogen-bond acceptors (Lipinski definition) is 7. The fourth-order valence-corrected chi connectivity index (χ4v) is 3.25. The molecule has 1 aromatic heterocycles. The summed E-state index contributed by atoms with van der Waals surface area (Å²) in [5.41, 5.74) is 0.767. The minimum atomic E-state index is -3.69. The molecule has 8 nitrogen and oxygen atoms in total. The number of hydrogen-bond donors (Lipinski definition) is 1. The molecule has 0 atom stereocenters. The third-order valence-electron chi connectivity index (χ3n) is 3.03. The van der Waals surface area contributed by atoms with Crippen molar-refractivity contribution in [2.24, 2.45) is 0 Å². The summed E-state index contributed by atoms with van der Waals surface area (Å²) in [6.45, 7) is 6.59. The number of nitrogens with one attached hydrogen (secondary N) is 1. The molecule has 1 heterocycles.